The predicted molar refractivity (Wildman–Crippen MR) is 87.1 cm³/mol. The summed E-state index contributed by atoms with van der Waals surface area (Å²) in [6.45, 7) is 6.80. The molecule has 0 aromatic heterocycles. The molecule has 1 aromatic rings. The highest BCUT2D eigenvalue weighted by atomic mass is 16.5. The van der Waals surface area contributed by atoms with Crippen LogP contribution >= 0.6 is 0 Å². The first-order valence-electron chi connectivity index (χ1n) is 7.90. The van der Waals surface area contributed by atoms with E-state index in [2.05, 4.69) is 24.1 Å². The number of nitrogens with zero attached hydrogens (tertiary/aromatic N) is 1. The summed E-state index contributed by atoms with van der Waals surface area (Å²) < 4.78 is 5.62. The number of benzene rings is 1. The molecule has 5 heteroatoms. The van der Waals surface area contributed by atoms with Gasteiger partial charge in [-0.25, -0.2) is 0 Å². The van der Waals surface area contributed by atoms with Crippen molar-refractivity contribution in [3.63, 3.8) is 0 Å². The summed E-state index contributed by atoms with van der Waals surface area (Å²) in [5.74, 6) is 0.591. The Bertz CT molecular complexity index is 479. The molecule has 2 rings (SSSR count). The minimum absolute atomic E-state index is 0.0991. The van der Waals surface area contributed by atoms with Crippen LogP contribution in [0.4, 0.5) is 5.69 Å². The van der Waals surface area contributed by atoms with Gasteiger partial charge in [0, 0.05) is 31.2 Å². The minimum Gasteiger partial charge on any atom is -0.491 e. The van der Waals surface area contributed by atoms with Crippen molar-refractivity contribution in [1.29, 1.82) is 0 Å². The summed E-state index contributed by atoms with van der Waals surface area (Å²) in [7, 11) is 0. The van der Waals surface area contributed by atoms with E-state index >= 15 is 0 Å². The molecule has 1 aromatic carbocycles. The van der Waals surface area contributed by atoms with E-state index in [0.717, 1.165) is 5.69 Å². The first-order chi connectivity index (χ1) is 10.5. The Kier molecular flexibility index (Phi) is 5.80. The predicted octanol–water partition coefficient (Wildman–Crippen LogP) is 2.26. The highest BCUT2D eigenvalue weighted by Gasteiger charge is 2.28. The smallest absolute Gasteiger partial charge is 0.221 e. The largest absolute Gasteiger partial charge is 0.491 e. The maximum atomic E-state index is 11.0. The molecular weight excluding hydrogens is 280 g/mol. The topological polar surface area (TPSA) is 61.8 Å². The fourth-order valence-corrected chi connectivity index (χ4v) is 2.93. The molecule has 0 radical (unpaired) electrons. The van der Waals surface area contributed by atoms with E-state index in [1.165, 1.54) is 19.8 Å². The van der Waals surface area contributed by atoms with Gasteiger partial charge in [-0.3, -0.25) is 9.69 Å². The number of β-amino-alcohol motifs (C(OH)–C–C–N with tert-alkyl or cyclic N) is 1. The molecular formula is C17H26N2O3. The standard InChI is InChI=1S/C17H26N2O3/c1-12-4-5-13(2)19(12)10-16(21)11-22-17-8-6-15(7-9-17)18-14(3)20/h6-9,12-13,16,21H,4-5,10-11H2,1-3H3,(H,18,20). The quantitative estimate of drug-likeness (QED) is 0.846. The number of aliphatic hydroxyl groups is 1. The average molecular weight is 306 g/mol. The van der Waals surface area contributed by atoms with Crippen molar-refractivity contribution in [1.82, 2.24) is 4.90 Å². The van der Waals surface area contributed by atoms with Crippen LogP contribution in [0, 0.1) is 0 Å². The third kappa shape index (κ3) is 4.71. The summed E-state index contributed by atoms with van der Waals surface area (Å²) in [5, 5.41) is 12.9. The van der Waals surface area contributed by atoms with E-state index in [4.69, 9.17) is 4.74 Å². The van der Waals surface area contributed by atoms with E-state index in [1.54, 1.807) is 24.3 Å². The number of nitrogens with one attached hydrogen (secondary N) is 1. The molecule has 3 unspecified atom stereocenters. The van der Waals surface area contributed by atoms with Gasteiger partial charge in [-0.05, 0) is 51.0 Å². The summed E-state index contributed by atoms with van der Waals surface area (Å²) in [5.41, 5.74) is 0.736. The van der Waals surface area contributed by atoms with Crippen LogP contribution in [-0.2, 0) is 4.79 Å². The number of amides is 1. The third-order valence-electron chi connectivity index (χ3n) is 4.17. The Morgan fingerprint density at radius 2 is 1.91 bits per heavy atom. The Labute approximate surface area is 132 Å². The number of ether oxygens (including phenoxy) is 1. The van der Waals surface area contributed by atoms with Gasteiger partial charge in [0.2, 0.25) is 5.91 Å². The molecule has 1 amide bonds. The molecule has 1 fully saturated rings. The Hall–Kier alpha value is -1.59. The monoisotopic (exact) mass is 306 g/mol. The lowest BCUT2D eigenvalue weighted by Gasteiger charge is -2.28. The number of aliphatic hydroxyl groups excluding tert-OH is 1. The van der Waals surface area contributed by atoms with Crippen LogP contribution in [0.25, 0.3) is 0 Å². The van der Waals surface area contributed by atoms with Gasteiger partial charge in [0.1, 0.15) is 18.5 Å². The zero-order valence-corrected chi connectivity index (χ0v) is 13.6. The van der Waals surface area contributed by atoms with Gasteiger partial charge in [0.15, 0.2) is 0 Å². The van der Waals surface area contributed by atoms with Crippen LogP contribution in [0.1, 0.15) is 33.6 Å². The van der Waals surface area contributed by atoms with E-state index in [9.17, 15) is 9.90 Å². The third-order valence-corrected chi connectivity index (χ3v) is 4.17. The van der Waals surface area contributed by atoms with Gasteiger partial charge < -0.3 is 15.2 Å². The molecule has 5 nitrogen and oxygen atoms in total. The Morgan fingerprint density at radius 1 is 1.32 bits per heavy atom. The molecule has 22 heavy (non-hydrogen) atoms. The van der Waals surface area contributed by atoms with Crippen LogP contribution in [-0.4, -0.2) is 47.3 Å². The van der Waals surface area contributed by atoms with E-state index in [1.807, 2.05) is 0 Å². The summed E-state index contributed by atoms with van der Waals surface area (Å²) in [4.78, 5) is 13.3. The van der Waals surface area contributed by atoms with Gasteiger partial charge in [-0.1, -0.05) is 0 Å². The molecule has 0 aliphatic carbocycles. The van der Waals surface area contributed by atoms with Gasteiger partial charge in [0.05, 0.1) is 0 Å². The van der Waals surface area contributed by atoms with E-state index in [0.29, 0.717) is 24.4 Å². The highest BCUT2D eigenvalue weighted by Crippen LogP contribution is 2.23. The van der Waals surface area contributed by atoms with Crippen molar-refractivity contribution < 1.29 is 14.6 Å². The lowest BCUT2D eigenvalue weighted by Crippen LogP contribution is -2.41. The molecule has 1 heterocycles. The number of anilines is 1. The number of likely N-dealkylation sites (tertiary alicyclic amines) is 1. The second-order valence-corrected chi connectivity index (χ2v) is 6.14. The maximum Gasteiger partial charge on any atom is 0.221 e. The van der Waals surface area contributed by atoms with Crippen molar-refractivity contribution in [2.24, 2.45) is 0 Å². The normalized spacial score (nSPS) is 23.3. The number of hydrogen-bond acceptors (Lipinski definition) is 4. The fourth-order valence-electron chi connectivity index (χ4n) is 2.93. The molecule has 1 aliphatic heterocycles. The SMILES string of the molecule is CC(=O)Nc1ccc(OCC(O)CN2C(C)CCC2C)cc1. The molecule has 1 saturated heterocycles. The first-order valence-corrected chi connectivity index (χ1v) is 7.90. The second-order valence-electron chi connectivity index (χ2n) is 6.14. The molecule has 1 aliphatic rings. The Balaban J connectivity index is 1.78. The molecule has 122 valence electrons. The van der Waals surface area contributed by atoms with E-state index < -0.39 is 6.10 Å². The number of hydrogen-bond donors (Lipinski definition) is 2. The van der Waals surface area contributed by atoms with Crippen LogP contribution in [0.15, 0.2) is 24.3 Å². The number of rotatable bonds is 6. The average Bonchev–Trinajstić information content (AvgIpc) is 2.78. The van der Waals surface area contributed by atoms with Gasteiger partial charge in [-0.15, -0.1) is 0 Å². The van der Waals surface area contributed by atoms with Crippen LogP contribution in [0.3, 0.4) is 0 Å². The van der Waals surface area contributed by atoms with Crippen LogP contribution in [0.2, 0.25) is 0 Å². The van der Waals surface area contributed by atoms with Crippen molar-refractivity contribution >= 4 is 11.6 Å². The van der Waals surface area contributed by atoms with Crippen molar-refractivity contribution in [2.45, 2.75) is 51.8 Å². The molecule has 0 spiro atoms. The molecule has 0 saturated carbocycles. The molecule has 2 N–H and O–H groups in total. The van der Waals surface area contributed by atoms with E-state index in [-0.39, 0.29) is 12.5 Å². The van der Waals surface area contributed by atoms with Gasteiger partial charge in [0.25, 0.3) is 0 Å². The van der Waals surface area contributed by atoms with Crippen LogP contribution in [0.5, 0.6) is 5.75 Å². The van der Waals surface area contributed by atoms with Crippen LogP contribution < -0.4 is 10.1 Å². The number of carbonyl (C=O) groups excluding carboxylic acids is 1. The first kappa shape index (κ1) is 16.8. The lowest BCUT2D eigenvalue weighted by atomic mass is 10.2. The van der Waals surface area contributed by atoms with Crippen molar-refractivity contribution in [3.8, 4) is 5.75 Å². The van der Waals surface area contributed by atoms with Gasteiger partial charge >= 0.3 is 0 Å². The Morgan fingerprint density at radius 3 is 2.45 bits per heavy atom. The minimum atomic E-state index is -0.502. The summed E-state index contributed by atoms with van der Waals surface area (Å²) >= 11 is 0. The second kappa shape index (κ2) is 7.61. The van der Waals surface area contributed by atoms with Gasteiger partial charge in [-0.2, -0.15) is 0 Å². The molecule has 0 bridgehead atoms. The molecule has 3 atom stereocenters. The van der Waals surface area contributed by atoms with Crippen molar-refractivity contribution in [2.75, 3.05) is 18.5 Å². The summed E-state index contributed by atoms with van der Waals surface area (Å²) in [6, 6.07) is 8.21. The lowest BCUT2D eigenvalue weighted by molar-refractivity contribution is -0.114. The zero-order valence-electron chi connectivity index (χ0n) is 13.6. The maximum absolute atomic E-state index is 11.0. The summed E-state index contributed by atoms with van der Waals surface area (Å²) in [6.07, 6.45) is 1.89. The number of carbonyl (C=O) groups is 1. The fraction of sp³-hybridized carbons (Fsp3) is 0.588. The highest BCUT2D eigenvalue weighted by molar-refractivity contribution is 5.88. The van der Waals surface area contributed by atoms with Crippen molar-refractivity contribution in [3.05, 3.63) is 24.3 Å². The zero-order chi connectivity index (χ0) is 16.1.